The van der Waals surface area contributed by atoms with E-state index in [1.54, 1.807) is 24.3 Å². The molecule has 2 heterocycles. The van der Waals surface area contributed by atoms with Crippen molar-refractivity contribution in [2.24, 2.45) is 0 Å². The van der Waals surface area contributed by atoms with Gasteiger partial charge in [0.2, 0.25) is 0 Å². The fourth-order valence-electron chi connectivity index (χ4n) is 2.17. The van der Waals surface area contributed by atoms with Crippen LogP contribution < -0.4 is 14.2 Å². The number of rotatable bonds is 3. The Hall–Kier alpha value is -3.15. The van der Waals surface area contributed by atoms with Crippen LogP contribution in [-0.2, 0) is 6.61 Å². The van der Waals surface area contributed by atoms with E-state index in [2.05, 4.69) is 10.2 Å². The summed E-state index contributed by atoms with van der Waals surface area (Å²) in [5.74, 6) is 2.05. The van der Waals surface area contributed by atoms with Gasteiger partial charge in [-0.2, -0.15) is 0 Å². The zero-order chi connectivity index (χ0) is 15.6. The van der Waals surface area contributed by atoms with E-state index in [4.69, 9.17) is 14.2 Å². The van der Waals surface area contributed by atoms with Crippen molar-refractivity contribution in [3.63, 3.8) is 0 Å². The number of benzene rings is 2. The summed E-state index contributed by atoms with van der Waals surface area (Å²) in [4.78, 5) is 0. The maximum Gasteiger partial charge on any atom is 0.282 e. The zero-order valence-electron chi connectivity index (χ0n) is 11.9. The van der Waals surface area contributed by atoms with Gasteiger partial charge in [-0.1, -0.05) is 18.2 Å². The first-order chi connectivity index (χ1) is 11.3. The Morgan fingerprint density at radius 3 is 2.52 bits per heavy atom. The maximum absolute atomic E-state index is 13.1. The molecule has 6 heteroatoms. The quantitative estimate of drug-likeness (QED) is 0.570. The summed E-state index contributed by atoms with van der Waals surface area (Å²) >= 11 is 0. The van der Waals surface area contributed by atoms with Crippen LogP contribution in [0.25, 0.3) is 0 Å². The predicted molar refractivity (Wildman–Crippen MR) is 79.4 cm³/mol. The lowest BCUT2D eigenvalue weighted by Crippen LogP contribution is -2.06. The van der Waals surface area contributed by atoms with Crippen molar-refractivity contribution < 1.29 is 18.6 Å². The Kier molecular flexibility index (Phi) is 3.27. The highest BCUT2D eigenvalue weighted by atomic mass is 19.1. The highest BCUT2D eigenvalue weighted by Gasteiger charge is 2.20. The number of ether oxygens (including phenoxy) is 3. The minimum Gasteiger partial charge on any atom is -0.487 e. The summed E-state index contributed by atoms with van der Waals surface area (Å²) in [5, 5.41) is 8.03. The minimum absolute atomic E-state index is 0.148. The number of nitrogens with zero attached hydrogens (tertiary/aromatic N) is 2. The molecule has 0 amide bonds. The molecule has 0 saturated heterocycles. The third kappa shape index (κ3) is 2.78. The maximum atomic E-state index is 13.1. The van der Waals surface area contributed by atoms with E-state index in [-0.39, 0.29) is 12.4 Å². The fraction of sp³-hybridized carbons (Fsp3) is 0.0588. The second-order valence-corrected chi connectivity index (χ2v) is 4.90. The van der Waals surface area contributed by atoms with E-state index in [0.29, 0.717) is 34.6 Å². The second kappa shape index (κ2) is 5.57. The number of para-hydroxylation sites is 2. The van der Waals surface area contributed by atoms with E-state index in [9.17, 15) is 4.39 Å². The first-order valence-corrected chi connectivity index (χ1v) is 6.98. The van der Waals surface area contributed by atoms with Crippen LogP contribution in [0.2, 0.25) is 0 Å². The predicted octanol–water partition coefficient (Wildman–Crippen LogP) is 4.09. The average molecular weight is 310 g/mol. The smallest absolute Gasteiger partial charge is 0.282 e. The van der Waals surface area contributed by atoms with Crippen LogP contribution in [0.3, 0.4) is 0 Å². The summed E-state index contributed by atoms with van der Waals surface area (Å²) in [6, 6.07) is 14.9. The number of hydrogen-bond donors (Lipinski definition) is 0. The first kappa shape index (κ1) is 13.5. The van der Waals surface area contributed by atoms with Crippen LogP contribution in [0, 0.1) is 5.82 Å². The minimum atomic E-state index is -0.354. The SMILES string of the molecule is Fc1cccc(OCc2cc3c(nn2)Oc2ccccc2O3)c1. The second-order valence-electron chi connectivity index (χ2n) is 4.90. The Labute approximate surface area is 131 Å². The molecule has 0 fully saturated rings. The molecule has 3 aromatic rings. The summed E-state index contributed by atoms with van der Waals surface area (Å²) in [7, 11) is 0. The summed E-state index contributed by atoms with van der Waals surface area (Å²) < 4.78 is 30.0. The zero-order valence-corrected chi connectivity index (χ0v) is 11.9. The molecule has 4 rings (SSSR count). The summed E-state index contributed by atoms with van der Waals surface area (Å²) in [6.45, 7) is 0.148. The molecule has 1 aromatic heterocycles. The van der Waals surface area contributed by atoms with Crippen LogP contribution in [-0.4, -0.2) is 10.2 Å². The highest BCUT2D eigenvalue weighted by Crippen LogP contribution is 2.43. The first-order valence-electron chi connectivity index (χ1n) is 6.98. The van der Waals surface area contributed by atoms with Gasteiger partial charge in [0.25, 0.3) is 5.88 Å². The van der Waals surface area contributed by atoms with Gasteiger partial charge >= 0.3 is 0 Å². The van der Waals surface area contributed by atoms with Crippen LogP contribution in [0.1, 0.15) is 5.69 Å². The molecule has 2 aromatic carbocycles. The molecule has 0 atom stereocenters. The van der Waals surface area contributed by atoms with Crippen molar-refractivity contribution >= 4 is 0 Å². The summed E-state index contributed by atoms with van der Waals surface area (Å²) in [6.07, 6.45) is 0. The lowest BCUT2D eigenvalue weighted by atomic mass is 10.3. The van der Waals surface area contributed by atoms with Gasteiger partial charge in [-0.25, -0.2) is 4.39 Å². The molecule has 0 spiro atoms. The number of hydrogen-bond acceptors (Lipinski definition) is 5. The molecule has 1 aliphatic rings. The number of fused-ring (bicyclic) bond motifs is 2. The van der Waals surface area contributed by atoms with Crippen molar-refractivity contribution in [2.75, 3.05) is 0 Å². The fourth-order valence-corrected chi connectivity index (χ4v) is 2.17. The van der Waals surface area contributed by atoms with Crippen molar-refractivity contribution in [3.05, 3.63) is 66.1 Å². The van der Waals surface area contributed by atoms with Gasteiger partial charge in [0, 0.05) is 12.1 Å². The van der Waals surface area contributed by atoms with Gasteiger partial charge in [0.1, 0.15) is 23.9 Å². The van der Waals surface area contributed by atoms with E-state index >= 15 is 0 Å². The molecule has 0 unspecified atom stereocenters. The van der Waals surface area contributed by atoms with Crippen LogP contribution in [0.15, 0.2) is 54.6 Å². The molecule has 0 N–H and O–H groups in total. The van der Waals surface area contributed by atoms with Crippen LogP contribution in [0.5, 0.6) is 28.9 Å². The van der Waals surface area contributed by atoms with E-state index < -0.39 is 0 Å². The van der Waals surface area contributed by atoms with E-state index in [0.717, 1.165) is 0 Å². The number of aromatic nitrogens is 2. The van der Waals surface area contributed by atoms with Gasteiger partial charge in [-0.3, -0.25) is 0 Å². The van der Waals surface area contributed by atoms with Gasteiger partial charge in [-0.05, 0) is 24.3 Å². The lowest BCUT2D eigenvalue weighted by Gasteiger charge is -2.19. The van der Waals surface area contributed by atoms with Gasteiger partial charge < -0.3 is 14.2 Å². The normalized spacial score (nSPS) is 11.7. The lowest BCUT2D eigenvalue weighted by molar-refractivity contribution is 0.292. The largest absolute Gasteiger partial charge is 0.487 e. The molecule has 0 aliphatic carbocycles. The highest BCUT2D eigenvalue weighted by molar-refractivity contribution is 5.51. The van der Waals surface area contributed by atoms with Gasteiger partial charge in [0.05, 0.1) is 0 Å². The number of halogens is 1. The molecule has 0 bridgehead atoms. The Balaban J connectivity index is 1.52. The van der Waals surface area contributed by atoms with Crippen LogP contribution >= 0.6 is 0 Å². The van der Waals surface area contributed by atoms with Crippen molar-refractivity contribution in [1.29, 1.82) is 0 Å². The van der Waals surface area contributed by atoms with Crippen LogP contribution in [0.4, 0.5) is 4.39 Å². The van der Waals surface area contributed by atoms with E-state index in [1.165, 1.54) is 12.1 Å². The molecular formula is C17H11FN2O3. The molecular weight excluding hydrogens is 299 g/mol. The molecule has 5 nitrogen and oxygen atoms in total. The molecule has 0 saturated carbocycles. The Morgan fingerprint density at radius 1 is 0.870 bits per heavy atom. The molecule has 1 aliphatic heterocycles. The third-order valence-corrected chi connectivity index (χ3v) is 3.24. The van der Waals surface area contributed by atoms with Crippen molar-refractivity contribution in [2.45, 2.75) is 6.61 Å². The monoisotopic (exact) mass is 310 g/mol. The van der Waals surface area contributed by atoms with Gasteiger partial charge in [-0.15, -0.1) is 10.2 Å². The molecule has 0 radical (unpaired) electrons. The Bertz CT molecular complexity index is 870. The summed E-state index contributed by atoms with van der Waals surface area (Å²) in [5.41, 5.74) is 0.552. The van der Waals surface area contributed by atoms with Crippen molar-refractivity contribution in [1.82, 2.24) is 10.2 Å². The van der Waals surface area contributed by atoms with E-state index in [1.807, 2.05) is 18.2 Å². The van der Waals surface area contributed by atoms with Crippen molar-refractivity contribution in [3.8, 4) is 28.9 Å². The molecule has 114 valence electrons. The average Bonchev–Trinajstić information content (AvgIpc) is 2.58. The topological polar surface area (TPSA) is 53.5 Å². The van der Waals surface area contributed by atoms with Gasteiger partial charge in [0.15, 0.2) is 17.2 Å². The third-order valence-electron chi connectivity index (χ3n) is 3.24. The molecule has 23 heavy (non-hydrogen) atoms. The Morgan fingerprint density at radius 2 is 1.70 bits per heavy atom. The standard InChI is InChI=1S/C17H11FN2O3/c18-11-4-3-5-13(8-11)21-10-12-9-16-17(20-19-12)23-15-7-2-1-6-14(15)22-16/h1-9H,10H2.